The van der Waals surface area contributed by atoms with Crippen LogP contribution in [0.4, 0.5) is 0 Å². The molecule has 0 saturated heterocycles. The lowest BCUT2D eigenvalue weighted by molar-refractivity contribution is -0.121. The van der Waals surface area contributed by atoms with Crippen LogP contribution in [0.5, 0.6) is 11.5 Å². The molecule has 0 atom stereocenters. The molecular formula is C13H20N2O3. The third-order valence-corrected chi connectivity index (χ3v) is 2.49. The predicted octanol–water partition coefficient (Wildman–Crippen LogP) is 0.752. The fourth-order valence-corrected chi connectivity index (χ4v) is 1.39. The van der Waals surface area contributed by atoms with Crippen molar-refractivity contribution in [2.75, 3.05) is 40.9 Å². The number of carbonyl (C=O) groups excluding carboxylic acids is 1. The van der Waals surface area contributed by atoms with Crippen LogP contribution in [0.2, 0.25) is 0 Å². The molecule has 1 amide bonds. The maximum Gasteiger partial charge on any atom is 0.233 e. The van der Waals surface area contributed by atoms with E-state index >= 15 is 0 Å². The van der Waals surface area contributed by atoms with Crippen molar-refractivity contribution in [3.63, 3.8) is 0 Å². The minimum absolute atomic E-state index is 0.00180. The molecule has 1 rings (SSSR count). The van der Waals surface area contributed by atoms with E-state index in [1.165, 1.54) is 0 Å². The van der Waals surface area contributed by atoms with Crippen molar-refractivity contribution < 1.29 is 14.3 Å². The van der Waals surface area contributed by atoms with Crippen LogP contribution in [-0.4, -0.2) is 51.7 Å². The van der Waals surface area contributed by atoms with E-state index in [1.54, 1.807) is 14.2 Å². The summed E-state index contributed by atoms with van der Waals surface area (Å²) in [6, 6.07) is 7.42. The summed E-state index contributed by atoms with van der Waals surface area (Å²) in [5.41, 5.74) is 0. The van der Waals surface area contributed by atoms with Crippen LogP contribution in [-0.2, 0) is 4.79 Å². The van der Waals surface area contributed by atoms with Gasteiger partial charge in [-0.3, -0.25) is 9.69 Å². The van der Waals surface area contributed by atoms with Crippen LogP contribution in [0.25, 0.3) is 0 Å². The molecule has 0 bridgehead atoms. The molecule has 0 unspecified atom stereocenters. The SMILES string of the molecule is CNC(=O)CN(C)CCOc1ccc(OC)cc1. The van der Waals surface area contributed by atoms with Gasteiger partial charge < -0.3 is 14.8 Å². The molecule has 5 nitrogen and oxygen atoms in total. The molecule has 0 radical (unpaired) electrons. The van der Waals surface area contributed by atoms with E-state index in [9.17, 15) is 4.79 Å². The molecule has 0 aliphatic heterocycles. The number of benzene rings is 1. The number of ether oxygens (including phenoxy) is 2. The minimum atomic E-state index is 0.00180. The minimum Gasteiger partial charge on any atom is -0.497 e. The third-order valence-electron chi connectivity index (χ3n) is 2.49. The first-order chi connectivity index (χ1) is 8.65. The number of methoxy groups -OCH3 is 1. The summed E-state index contributed by atoms with van der Waals surface area (Å²) in [6.07, 6.45) is 0. The van der Waals surface area contributed by atoms with Gasteiger partial charge in [0.1, 0.15) is 18.1 Å². The highest BCUT2D eigenvalue weighted by Crippen LogP contribution is 2.16. The van der Waals surface area contributed by atoms with Gasteiger partial charge in [-0.1, -0.05) is 0 Å². The maximum atomic E-state index is 11.1. The molecule has 1 aromatic carbocycles. The standard InChI is InChI=1S/C13H20N2O3/c1-14-13(16)10-15(2)8-9-18-12-6-4-11(17-3)5-7-12/h4-7H,8-10H2,1-3H3,(H,14,16). The maximum absolute atomic E-state index is 11.1. The molecule has 0 fully saturated rings. The molecular weight excluding hydrogens is 232 g/mol. The second-order valence-electron chi connectivity index (χ2n) is 3.93. The van der Waals surface area contributed by atoms with E-state index in [-0.39, 0.29) is 5.91 Å². The first-order valence-corrected chi connectivity index (χ1v) is 5.81. The monoisotopic (exact) mass is 252 g/mol. The van der Waals surface area contributed by atoms with Crippen LogP contribution >= 0.6 is 0 Å². The average Bonchev–Trinajstić information content (AvgIpc) is 2.39. The van der Waals surface area contributed by atoms with Gasteiger partial charge in [0, 0.05) is 13.6 Å². The summed E-state index contributed by atoms with van der Waals surface area (Å²) in [4.78, 5) is 13.0. The number of likely N-dealkylation sites (N-methyl/N-ethyl adjacent to an activating group) is 2. The summed E-state index contributed by atoms with van der Waals surface area (Å²) < 4.78 is 10.6. The van der Waals surface area contributed by atoms with Crippen LogP contribution in [0, 0.1) is 0 Å². The van der Waals surface area contributed by atoms with Crippen molar-refractivity contribution in [3.05, 3.63) is 24.3 Å². The second-order valence-corrected chi connectivity index (χ2v) is 3.93. The quantitative estimate of drug-likeness (QED) is 0.778. The van der Waals surface area contributed by atoms with Gasteiger partial charge in [0.15, 0.2) is 0 Å². The normalized spacial score (nSPS) is 10.2. The molecule has 1 aromatic rings. The van der Waals surface area contributed by atoms with E-state index in [0.29, 0.717) is 19.7 Å². The summed E-state index contributed by atoms with van der Waals surface area (Å²) in [7, 11) is 5.14. The lowest BCUT2D eigenvalue weighted by Gasteiger charge is -2.15. The van der Waals surface area contributed by atoms with E-state index in [2.05, 4.69) is 5.32 Å². The number of hydrogen-bond donors (Lipinski definition) is 1. The topological polar surface area (TPSA) is 50.8 Å². The smallest absolute Gasteiger partial charge is 0.233 e. The Morgan fingerprint density at radius 1 is 1.28 bits per heavy atom. The molecule has 0 heterocycles. The van der Waals surface area contributed by atoms with Crippen molar-refractivity contribution in [1.82, 2.24) is 10.2 Å². The highest BCUT2D eigenvalue weighted by atomic mass is 16.5. The fraction of sp³-hybridized carbons (Fsp3) is 0.462. The number of nitrogens with zero attached hydrogens (tertiary/aromatic N) is 1. The van der Waals surface area contributed by atoms with Gasteiger partial charge in [-0.2, -0.15) is 0 Å². The Bertz CT molecular complexity index is 365. The molecule has 1 N–H and O–H groups in total. The average molecular weight is 252 g/mol. The lowest BCUT2D eigenvalue weighted by atomic mass is 10.3. The van der Waals surface area contributed by atoms with Gasteiger partial charge in [0.05, 0.1) is 13.7 Å². The van der Waals surface area contributed by atoms with Gasteiger partial charge in [0.25, 0.3) is 0 Å². The molecule has 18 heavy (non-hydrogen) atoms. The summed E-state index contributed by atoms with van der Waals surface area (Å²) in [6.45, 7) is 1.61. The Balaban J connectivity index is 2.26. The molecule has 5 heteroatoms. The van der Waals surface area contributed by atoms with E-state index in [0.717, 1.165) is 11.5 Å². The Kier molecular flexibility index (Phi) is 6.00. The number of carbonyl (C=O) groups is 1. The van der Waals surface area contributed by atoms with E-state index < -0.39 is 0 Å². The van der Waals surface area contributed by atoms with Crippen molar-refractivity contribution in [1.29, 1.82) is 0 Å². The van der Waals surface area contributed by atoms with Crippen molar-refractivity contribution in [2.24, 2.45) is 0 Å². The number of nitrogens with one attached hydrogen (secondary N) is 1. The van der Waals surface area contributed by atoms with Gasteiger partial charge in [-0.15, -0.1) is 0 Å². The number of rotatable bonds is 7. The lowest BCUT2D eigenvalue weighted by Crippen LogP contribution is -2.35. The van der Waals surface area contributed by atoms with Crippen molar-refractivity contribution >= 4 is 5.91 Å². The van der Waals surface area contributed by atoms with Crippen LogP contribution in [0.1, 0.15) is 0 Å². The van der Waals surface area contributed by atoms with E-state index in [4.69, 9.17) is 9.47 Å². The molecule has 0 aromatic heterocycles. The molecule has 0 saturated carbocycles. The van der Waals surface area contributed by atoms with Crippen molar-refractivity contribution in [2.45, 2.75) is 0 Å². The van der Waals surface area contributed by atoms with Crippen LogP contribution in [0.3, 0.4) is 0 Å². The summed E-state index contributed by atoms with van der Waals surface area (Å²) in [5.74, 6) is 1.60. The zero-order valence-corrected chi connectivity index (χ0v) is 11.1. The van der Waals surface area contributed by atoms with Crippen molar-refractivity contribution in [3.8, 4) is 11.5 Å². The molecule has 0 spiro atoms. The largest absolute Gasteiger partial charge is 0.497 e. The van der Waals surface area contributed by atoms with Gasteiger partial charge in [-0.05, 0) is 31.3 Å². The van der Waals surface area contributed by atoms with Gasteiger partial charge in [-0.25, -0.2) is 0 Å². The highest BCUT2D eigenvalue weighted by Gasteiger charge is 2.04. The Morgan fingerprint density at radius 3 is 2.44 bits per heavy atom. The number of hydrogen-bond acceptors (Lipinski definition) is 4. The zero-order valence-electron chi connectivity index (χ0n) is 11.1. The van der Waals surface area contributed by atoms with E-state index in [1.807, 2.05) is 36.2 Å². The van der Waals surface area contributed by atoms with Gasteiger partial charge >= 0.3 is 0 Å². The first-order valence-electron chi connectivity index (χ1n) is 5.81. The predicted molar refractivity (Wildman–Crippen MR) is 70.1 cm³/mol. The fourth-order valence-electron chi connectivity index (χ4n) is 1.39. The molecule has 100 valence electrons. The Labute approximate surface area is 108 Å². The van der Waals surface area contributed by atoms with Crippen LogP contribution in [0.15, 0.2) is 24.3 Å². The zero-order chi connectivity index (χ0) is 13.4. The summed E-state index contributed by atoms with van der Waals surface area (Å²) in [5, 5.41) is 2.58. The number of amides is 1. The highest BCUT2D eigenvalue weighted by molar-refractivity contribution is 5.77. The Hall–Kier alpha value is -1.75. The molecule has 0 aliphatic carbocycles. The first kappa shape index (κ1) is 14.3. The third kappa shape index (κ3) is 5.05. The van der Waals surface area contributed by atoms with Crippen LogP contribution < -0.4 is 14.8 Å². The summed E-state index contributed by atoms with van der Waals surface area (Å²) >= 11 is 0. The Morgan fingerprint density at radius 2 is 1.89 bits per heavy atom. The molecule has 0 aliphatic rings. The second kappa shape index (κ2) is 7.55. The van der Waals surface area contributed by atoms with Gasteiger partial charge in [0.2, 0.25) is 5.91 Å².